The lowest BCUT2D eigenvalue weighted by atomic mass is 9.97. The second kappa shape index (κ2) is 17.0. The molecule has 300 valence electrons. The van der Waals surface area contributed by atoms with Gasteiger partial charge in [0, 0.05) is 41.7 Å². The summed E-state index contributed by atoms with van der Waals surface area (Å²) in [6.45, 7) is -0.610. The van der Waals surface area contributed by atoms with Crippen LogP contribution in [-0.4, -0.2) is 68.1 Å². The first kappa shape index (κ1) is 39.7. The topological polar surface area (TPSA) is 147 Å². The van der Waals surface area contributed by atoms with Crippen LogP contribution in [-0.2, 0) is 17.8 Å². The number of hydrogen-bond acceptors (Lipinski definition) is 10. The van der Waals surface area contributed by atoms with Crippen molar-refractivity contribution in [1.82, 2.24) is 19.4 Å². The molecule has 2 N–H and O–H groups in total. The summed E-state index contributed by atoms with van der Waals surface area (Å²) < 4.78 is 46.0. The van der Waals surface area contributed by atoms with Crippen LogP contribution in [0.2, 0.25) is 15.2 Å². The zero-order chi connectivity index (χ0) is 41.2. The largest absolute Gasteiger partial charge is 0.496 e. The van der Waals surface area contributed by atoms with E-state index < -0.39 is 30.6 Å². The normalized spacial score (nSPS) is 15.2. The van der Waals surface area contributed by atoms with Gasteiger partial charge in [0.1, 0.15) is 46.9 Å². The number of benzene rings is 4. The van der Waals surface area contributed by atoms with E-state index in [1.165, 1.54) is 18.3 Å². The van der Waals surface area contributed by atoms with E-state index in [1.807, 2.05) is 24.3 Å². The van der Waals surface area contributed by atoms with Crippen molar-refractivity contribution in [3.05, 3.63) is 136 Å². The Hall–Kier alpha value is -6.12. The quantitative estimate of drug-likeness (QED) is 0.151. The fraction of sp³-hybridized carbons (Fsp3) is 0.163. The minimum absolute atomic E-state index is 0.00528. The molecule has 4 bridgehead atoms. The smallest absolute Gasteiger partial charge is 0.345 e. The second-order valence-electron chi connectivity index (χ2n) is 13.3. The highest BCUT2D eigenvalue weighted by Crippen LogP contribution is 2.48. The van der Waals surface area contributed by atoms with Gasteiger partial charge in [-0.3, -0.25) is 0 Å². The number of carboxylic acid groups (broad SMARTS) is 1. The highest BCUT2D eigenvalue weighted by atomic mass is 35.5. The number of nitrogens with zero attached hydrogens (tertiary/aromatic N) is 4. The van der Waals surface area contributed by atoms with E-state index in [0.717, 1.165) is 0 Å². The Kier molecular flexibility index (Phi) is 11.4. The number of fused-ring (bicyclic) bond motifs is 7. The van der Waals surface area contributed by atoms with Crippen LogP contribution in [0.15, 0.2) is 104 Å². The van der Waals surface area contributed by atoms with Gasteiger partial charge in [-0.05, 0) is 71.8 Å². The maximum absolute atomic E-state index is 14.2. The molecule has 59 heavy (non-hydrogen) atoms. The van der Waals surface area contributed by atoms with Gasteiger partial charge in [-0.15, -0.1) is 0 Å². The van der Waals surface area contributed by atoms with Crippen molar-refractivity contribution in [2.24, 2.45) is 0 Å². The molecular formula is C43H32Cl3FN4O8. The molecule has 0 radical (unpaired) electrons. The number of aliphatic carboxylic acids is 1. The van der Waals surface area contributed by atoms with Crippen LogP contribution in [0.4, 0.5) is 4.39 Å². The molecule has 16 heteroatoms. The first-order chi connectivity index (χ1) is 28.6. The predicted octanol–water partition coefficient (Wildman–Crippen LogP) is 9.02. The van der Waals surface area contributed by atoms with E-state index in [1.54, 1.807) is 72.4 Å². The van der Waals surface area contributed by atoms with Gasteiger partial charge in [-0.25, -0.2) is 24.1 Å². The third-order valence-corrected chi connectivity index (χ3v) is 10.4. The second-order valence-corrected chi connectivity index (χ2v) is 14.5. The van der Waals surface area contributed by atoms with Crippen LogP contribution in [0, 0.1) is 5.82 Å². The number of aromatic nitrogens is 4. The number of rotatable bonds is 8. The minimum atomic E-state index is -1.53. The van der Waals surface area contributed by atoms with Crippen molar-refractivity contribution in [2.75, 3.05) is 20.3 Å². The molecule has 5 heterocycles. The fourth-order valence-electron chi connectivity index (χ4n) is 6.73. The first-order valence-electron chi connectivity index (χ1n) is 18.1. The van der Waals surface area contributed by atoms with Gasteiger partial charge in [0.2, 0.25) is 12.0 Å². The molecule has 2 aliphatic rings. The lowest BCUT2D eigenvalue weighted by Gasteiger charge is -2.21. The molecule has 4 aromatic carbocycles. The molecule has 0 saturated heterocycles. The van der Waals surface area contributed by atoms with Gasteiger partial charge >= 0.3 is 5.97 Å². The van der Waals surface area contributed by atoms with Crippen LogP contribution in [0.3, 0.4) is 0 Å². The SMILES string of the molecule is COc1ccccc1-c1nccc(COc2ccc3cc2C[C@H](C(=O)O)Oc2nccn4c(Cl)c(-c5ccc(F)cc5)c(c24)-c2cc(Cl)c(c(Cl)c2)O[C@H](CO)CO3)n1. The minimum Gasteiger partial charge on any atom is -0.496 e. The summed E-state index contributed by atoms with van der Waals surface area (Å²) in [6, 6.07) is 22.9. The Morgan fingerprint density at radius 1 is 0.915 bits per heavy atom. The number of methoxy groups -OCH3 is 1. The number of halogens is 4. The Morgan fingerprint density at radius 2 is 1.69 bits per heavy atom. The number of aliphatic hydroxyl groups is 1. The summed E-state index contributed by atoms with van der Waals surface area (Å²) in [5.74, 6) is -0.0712. The van der Waals surface area contributed by atoms with Crippen molar-refractivity contribution >= 4 is 46.3 Å². The molecule has 3 aromatic heterocycles. The lowest BCUT2D eigenvalue weighted by Crippen LogP contribution is -2.30. The van der Waals surface area contributed by atoms with E-state index in [9.17, 15) is 19.4 Å². The number of aliphatic hydroxyl groups excluding tert-OH is 1. The van der Waals surface area contributed by atoms with E-state index >= 15 is 0 Å². The molecule has 12 nitrogen and oxygen atoms in total. The molecular weight excluding hydrogens is 826 g/mol. The highest BCUT2D eigenvalue weighted by molar-refractivity contribution is 6.38. The van der Waals surface area contributed by atoms with E-state index in [4.69, 9.17) is 58.5 Å². The third kappa shape index (κ3) is 8.15. The van der Waals surface area contributed by atoms with Crippen LogP contribution in [0.1, 0.15) is 11.3 Å². The molecule has 0 fully saturated rings. The maximum atomic E-state index is 14.2. The van der Waals surface area contributed by atoms with E-state index in [0.29, 0.717) is 62.1 Å². The summed E-state index contributed by atoms with van der Waals surface area (Å²) in [6.07, 6.45) is 1.95. The Labute approximate surface area is 351 Å². The van der Waals surface area contributed by atoms with Gasteiger partial charge < -0.3 is 38.3 Å². The third-order valence-electron chi connectivity index (χ3n) is 9.50. The summed E-state index contributed by atoms with van der Waals surface area (Å²) in [7, 11) is 1.57. The number of carboxylic acids is 1. The predicted molar refractivity (Wildman–Crippen MR) is 219 cm³/mol. The molecule has 0 unspecified atom stereocenters. The Morgan fingerprint density at radius 3 is 2.44 bits per heavy atom. The Balaban J connectivity index is 1.23. The van der Waals surface area contributed by atoms with E-state index in [2.05, 4.69) is 15.0 Å². The van der Waals surface area contributed by atoms with Gasteiger partial charge in [0.05, 0.1) is 35.0 Å². The average molecular weight is 858 g/mol. The number of hydrogen-bond donors (Lipinski definition) is 2. The molecule has 9 rings (SSSR count). The van der Waals surface area contributed by atoms with Crippen LogP contribution >= 0.6 is 34.8 Å². The van der Waals surface area contributed by atoms with Crippen molar-refractivity contribution in [3.63, 3.8) is 0 Å². The molecule has 0 amide bonds. The summed E-state index contributed by atoms with van der Waals surface area (Å²) >= 11 is 20.7. The van der Waals surface area contributed by atoms with Gasteiger partial charge in [0.25, 0.3) is 0 Å². The van der Waals surface area contributed by atoms with Crippen molar-refractivity contribution in [2.45, 2.75) is 25.2 Å². The van der Waals surface area contributed by atoms with Crippen LogP contribution < -0.4 is 23.7 Å². The summed E-state index contributed by atoms with van der Waals surface area (Å²) in [5, 5.41) is 21.3. The zero-order valence-electron chi connectivity index (χ0n) is 30.9. The molecule has 2 aliphatic heterocycles. The number of para-hydroxylation sites is 1. The van der Waals surface area contributed by atoms with Gasteiger partial charge in [0.15, 0.2) is 17.7 Å². The number of carbonyl (C=O) groups is 1. The zero-order valence-corrected chi connectivity index (χ0v) is 33.2. The van der Waals surface area contributed by atoms with Crippen molar-refractivity contribution in [3.8, 4) is 62.5 Å². The fourth-order valence-corrected chi connectivity index (χ4v) is 7.65. The molecule has 0 spiro atoms. The molecule has 0 saturated carbocycles. The van der Waals surface area contributed by atoms with Crippen LogP contribution in [0.5, 0.6) is 28.9 Å². The average Bonchev–Trinajstić information content (AvgIpc) is 3.55. The van der Waals surface area contributed by atoms with Gasteiger partial charge in [-0.2, -0.15) is 0 Å². The lowest BCUT2D eigenvalue weighted by molar-refractivity contribution is -0.145. The highest BCUT2D eigenvalue weighted by Gasteiger charge is 2.30. The Bertz CT molecular complexity index is 2670. The monoisotopic (exact) mass is 856 g/mol. The standard InChI is InChI=1S/C43H32Cl3FN4O8/c1-55-34-5-3-2-4-30(34)41-48-13-12-27(50-41)21-57-33-11-10-28-16-24(33)19-35(43(53)54)59-42-38-36(25-17-31(44)39(32(45)18-25)58-29(20-52)22-56-28)37(23-6-8-26(47)9-7-23)40(46)51(38)15-14-49-42/h2-18,29,35,52H,19-22H2,1H3,(H,53,54)/t29-,35-/m1/s1. The molecule has 0 aliphatic carbocycles. The van der Waals surface area contributed by atoms with Crippen molar-refractivity contribution < 1.29 is 43.1 Å². The molecule has 2 atom stereocenters. The van der Waals surface area contributed by atoms with E-state index in [-0.39, 0.29) is 52.0 Å². The van der Waals surface area contributed by atoms with Crippen molar-refractivity contribution in [1.29, 1.82) is 0 Å². The number of ether oxygens (including phenoxy) is 5. The van der Waals surface area contributed by atoms with Crippen LogP contribution in [0.25, 0.3) is 39.2 Å². The van der Waals surface area contributed by atoms with Gasteiger partial charge in [-0.1, -0.05) is 59.1 Å². The maximum Gasteiger partial charge on any atom is 0.345 e. The molecule has 7 aromatic rings. The summed E-state index contributed by atoms with van der Waals surface area (Å²) in [4.78, 5) is 26.7. The summed E-state index contributed by atoms with van der Waals surface area (Å²) in [5.41, 5.74) is 3.75. The first-order valence-corrected chi connectivity index (χ1v) is 19.2.